The Balaban J connectivity index is 1.98. The summed E-state index contributed by atoms with van der Waals surface area (Å²) in [7, 11) is 0. The Kier molecular flexibility index (Phi) is 6.45. The number of nitrogens with zero attached hydrogens (tertiary/aromatic N) is 3. The summed E-state index contributed by atoms with van der Waals surface area (Å²) in [5.74, 6) is -0.280. The van der Waals surface area contributed by atoms with Crippen LogP contribution in [0, 0.1) is 11.3 Å². The summed E-state index contributed by atoms with van der Waals surface area (Å²) in [6.45, 7) is 2.42. The summed E-state index contributed by atoms with van der Waals surface area (Å²) in [4.78, 5) is 29.6. The molecule has 0 spiro atoms. The number of para-hydroxylation sites is 1. The lowest BCUT2D eigenvalue weighted by Crippen LogP contribution is -2.22. The molecule has 0 saturated heterocycles. The SMILES string of the molecule is CCCCOC(=O)CSc1nc2ccccc2c(=O)n1-c1ccc(C#N)cc1. The topological polar surface area (TPSA) is 85.0 Å². The van der Waals surface area contributed by atoms with Gasteiger partial charge in [0.1, 0.15) is 0 Å². The van der Waals surface area contributed by atoms with E-state index in [0.717, 1.165) is 24.6 Å². The third-order valence-corrected chi connectivity index (χ3v) is 4.99. The first-order chi connectivity index (χ1) is 13.6. The van der Waals surface area contributed by atoms with E-state index in [2.05, 4.69) is 11.1 Å². The maximum atomic E-state index is 13.1. The fraction of sp³-hybridized carbons (Fsp3) is 0.238. The molecule has 0 atom stereocenters. The number of nitriles is 1. The summed E-state index contributed by atoms with van der Waals surface area (Å²) >= 11 is 1.16. The Morgan fingerprint density at radius 1 is 1.21 bits per heavy atom. The van der Waals surface area contributed by atoms with Crippen LogP contribution in [-0.2, 0) is 9.53 Å². The highest BCUT2D eigenvalue weighted by Crippen LogP contribution is 2.21. The Morgan fingerprint density at radius 3 is 2.68 bits per heavy atom. The molecule has 0 aliphatic carbocycles. The van der Waals surface area contributed by atoms with Crippen molar-refractivity contribution in [1.29, 1.82) is 5.26 Å². The normalized spacial score (nSPS) is 10.6. The molecule has 0 aliphatic heterocycles. The summed E-state index contributed by atoms with van der Waals surface area (Å²) in [6, 6.07) is 15.8. The molecular formula is C21H19N3O3S. The van der Waals surface area contributed by atoms with Crippen LogP contribution < -0.4 is 5.56 Å². The van der Waals surface area contributed by atoms with Crippen LogP contribution in [0.15, 0.2) is 58.5 Å². The lowest BCUT2D eigenvalue weighted by Gasteiger charge is -2.13. The summed E-state index contributed by atoms with van der Waals surface area (Å²) in [6.07, 6.45) is 1.77. The molecule has 142 valence electrons. The quantitative estimate of drug-likeness (QED) is 0.263. The number of hydrogen-bond acceptors (Lipinski definition) is 6. The first kappa shape index (κ1) is 19.6. The van der Waals surface area contributed by atoms with E-state index in [0.29, 0.717) is 33.9 Å². The molecule has 0 radical (unpaired) electrons. The fourth-order valence-electron chi connectivity index (χ4n) is 2.62. The lowest BCUT2D eigenvalue weighted by atomic mass is 10.2. The van der Waals surface area contributed by atoms with Gasteiger partial charge in [-0.05, 0) is 42.8 Å². The minimum Gasteiger partial charge on any atom is -0.465 e. The van der Waals surface area contributed by atoms with Crippen molar-refractivity contribution in [2.45, 2.75) is 24.9 Å². The van der Waals surface area contributed by atoms with E-state index in [4.69, 9.17) is 10.00 Å². The minimum atomic E-state index is -0.341. The average Bonchev–Trinajstić information content (AvgIpc) is 2.73. The zero-order valence-corrected chi connectivity index (χ0v) is 16.2. The van der Waals surface area contributed by atoms with E-state index >= 15 is 0 Å². The predicted molar refractivity (Wildman–Crippen MR) is 109 cm³/mol. The molecule has 0 bridgehead atoms. The molecule has 1 heterocycles. The molecular weight excluding hydrogens is 374 g/mol. The number of benzene rings is 2. The fourth-order valence-corrected chi connectivity index (χ4v) is 3.43. The first-order valence-electron chi connectivity index (χ1n) is 8.94. The molecule has 0 aliphatic rings. The molecule has 0 N–H and O–H groups in total. The molecule has 0 fully saturated rings. The number of fused-ring (bicyclic) bond motifs is 1. The third-order valence-electron chi connectivity index (χ3n) is 4.08. The van der Waals surface area contributed by atoms with Gasteiger partial charge in [-0.1, -0.05) is 37.2 Å². The molecule has 1 aromatic heterocycles. The van der Waals surface area contributed by atoms with E-state index in [9.17, 15) is 9.59 Å². The van der Waals surface area contributed by atoms with Gasteiger partial charge in [0.25, 0.3) is 5.56 Å². The van der Waals surface area contributed by atoms with Gasteiger partial charge in [-0.3, -0.25) is 14.2 Å². The highest BCUT2D eigenvalue weighted by molar-refractivity contribution is 7.99. The monoisotopic (exact) mass is 393 g/mol. The van der Waals surface area contributed by atoms with Crippen molar-refractivity contribution in [3.8, 4) is 11.8 Å². The Labute approximate surface area is 166 Å². The molecule has 0 saturated carbocycles. The average molecular weight is 393 g/mol. The second-order valence-electron chi connectivity index (χ2n) is 6.07. The van der Waals surface area contributed by atoms with Gasteiger partial charge >= 0.3 is 5.97 Å². The van der Waals surface area contributed by atoms with Crippen LogP contribution in [0.5, 0.6) is 0 Å². The van der Waals surface area contributed by atoms with Gasteiger partial charge in [-0.25, -0.2) is 4.98 Å². The van der Waals surface area contributed by atoms with E-state index in [1.54, 1.807) is 42.5 Å². The Bertz CT molecular complexity index is 1080. The minimum absolute atomic E-state index is 0.0603. The number of carbonyl (C=O) groups excluding carboxylic acids is 1. The van der Waals surface area contributed by atoms with Crippen molar-refractivity contribution in [3.63, 3.8) is 0 Å². The van der Waals surface area contributed by atoms with E-state index in [1.807, 2.05) is 13.0 Å². The van der Waals surface area contributed by atoms with Crippen molar-refractivity contribution in [1.82, 2.24) is 9.55 Å². The Morgan fingerprint density at radius 2 is 1.96 bits per heavy atom. The Hall–Kier alpha value is -3.11. The van der Waals surface area contributed by atoms with Crippen molar-refractivity contribution < 1.29 is 9.53 Å². The lowest BCUT2D eigenvalue weighted by molar-refractivity contribution is -0.140. The van der Waals surface area contributed by atoms with Gasteiger partial charge < -0.3 is 4.74 Å². The van der Waals surface area contributed by atoms with Gasteiger partial charge in [0.05, 0.1) is 40.6 Å². The van der Waals surface area contributed by atoms with Crippen molar-refractivity contribution in [3.05, 3.63) is 64.4 Å². The third kappa shape index (κ3) is 4.41. The number of rotatable bonds is 7. The molecule has 7 heteroatoms. The van der Waals surface area contributed by atoms with Gasteiger partial charge in [-0.15, -0.1) is 0 Å². The molecule has 6 nitrogen and oxygen atoms in total. The van der Waals surface area contributed by atoms with Crippen LogP contribution >= 0.6 is 11.8 Å². The van der Waals surface area contributed by atoms with Crippen LogP contribution in [0.2, 0.25) is 0 Å². The molecule has 0 amide bonds. The smallest absolute Gasteiger partial charge is 0.316 e. The second kappa shape index (κ2) is 9.20. The van der Waals surface area contributed by atoms with Gasteiger partial charge in [0.2, 0.25) is 0 Å². The number of esters is 1. The number of hydrogen-bond donors (Lipinski definition) is 0. The van der Waals surface area contributed by atoms with Crippen LogP contribution in [0.25, 0.3) is 16.6 Å². The summed E-state index contributed by atoms with van der Waals surface area (Å²) in [5, 5.41) is 9.89. The van der Waals surface area contributed by atoms with Crippen molar-refractivity contribution in [2.75, 3.05) is 12.4 Å². The molecule has 2 aromatic carbocycles. The number of carbonyl (C=O) groups is 1. The molecule has 3 aromatic rings. The molecule has 0 unspecified atom stereocenters. The van der Waals surface area contributed by atoms with Crippen LogP contribution in [-0.4, -0.2) is 27.9 Å². The maximum Gasteiger partial charge on any atom is 0.316 e. The number of ether oxygens (including phenoxy) is 1. The van der Waals surface area contributed by atoms with E-state index < -0.39 is 0 Å². The van der Waals surface area contributed by atoms with Crippen LogP contribution in [0.3, 0.4) is 0 Å². The maximum absolute atomic E-state index is 13.1. The summed E-state index contributed by atoms with van der Waals surface area (Å²) < 4.78 is 6.65. The zero-order valence-electron chi connectivity index (χ0n) is 15.4. The van der Waals surface area contributed by atoms with Crippen molar-refractivity contribution in [2.24, 2.45) is 0 Å². The highest BCUT2D eigenvalue weighted by atomic mass is 32.2. The van der Waals surface area contributed by atoms with Crippen LogP contribution in [0.4, 0.5) is 0 Å². The highest BCUT2D eigenvalue weighted by Gasteiger charge is 2.15. The van der Waals surface area contributed by atoms with Gasteiger partial charge in [-0.2, -0.15) is 5.26 Å². The number of aromatic nitrogens is 2. The van der Waals surface area contributed by atoms with Crippen LogP contribution in [0.1, 0.15) is 25.3 Å². The summed E-state index contributed by atoms with van der Waals surface area (Å²) in [5.41, 5.74) is 1.43. The first-order valence-corrected chi connectivity index (χ1v) is 9.93. The zero-order chi connectivity index (χ0) is 19.9. The van der Waals surface area contributed by atoms with Gasteiger partial charge in [0.15, 0.2) is 5.16 Å². The number of thioether (sulfide) groups is 1. The van der Waals surface area contributed by atoms with Gasteiger partial charge in [0, 0.05) is 0 Å². The van der Waals surface area contributed by atoms with Crippen molar-refractivity contribution >= 4 is 28.6 Å². The van der Waals surface area contributed by atoms with E-state index in [-0.39, 0.29) is 17.3 Å². The molecule has 3 rings (SSSR count). The largest absolute Gasteiger partial charge is 0.465 e. The second-order valence-corrected chi connectivity index (χ2v) is 7.02. The molecule has 28 heavy (non-hydrogen) atoms. The number of unbranched alkanes of at least 4 members (excludes halogenated alkanes) is 1. The van der Waals surface area contributed by atoms with E-state index in [1.165, 1.54) is 4.57 Å². The standard InChI is InChI=1S/C21H19N3O3S/c1-2-3-12-27-19(25)14-28-21-23-18-7-5-4-6-17(18)20(26)24(21)16-10-8-15(13-22)9-11-16/h4-11H,2-3,12,14H2,1H3. The predicted octanol–water partition coefficient (Wildman–Crippen LogP) is 3.69.